The molecule has 1 spiro atoms. The summed E-state index contributed by atoms with van der Waals surface area (Å²) in [5, 5.41) is 1.97. The predicted octanol–water partition coefficient (Wildman–Crippen LogP) is 4.87. The van der Waals surface area contributed by atoms with Crippen LogP contribution in [0.2, 0.25) is 0 Å². The van der Waals surface area contributed by atoms with Crippen LogP contribution in [-0.4, -0.2) is 25.3 Å². The molecule has 134 valence electrons. The molecule has 0 bridgehead atoms. The largest absolute Gasteiger partial charge is 0.459 e. The Labute approximate surface area is 158 Å². The second kappa shape index (κ2) is 5.19. The fourth-order valence-electron chi connectivity index (χ4n) is 4.48. The van der Waals surface area contributed by atoms with Crippen LogP contribution in [0, 0.1) is 0 Å². The lowest BCUT2D eigenvalue weighted by molar-refractivity contribution is 0.0826. The molecule has 5 rings (SSSR count). The van der Waals surface area contributed by atoms with Crippen molar-refractivity contribution in [1.82, 2.24) is 0 Å². The van der Waals surface area contributed by atoms with Crippen molar-refractivity contribution in [3.8, 4) is 5.75 Å². The minimum Gasteiger partial charge on any atom is -0.459 e. The zero-order valence-corrected chi connectivity index (χ0v) is 15.6. The van der Waals surface area contributed by atoms with Crippen molar-refractivity contribution in [2.24, 2.45) is 4.99 Å². The Balaban J connectivity index is 1.68. The Kier molecular flexibility index (Phi) is 3.09. The number of hydrogen-bond acceptors (Lipinski definition) is 4. The van der Waals surface area contributed by atoms with Crippen LogP contribution in [0.25, 0.3) is 10.8 Å². The number of ether oxygens (including phenoxy) is 1. The number of anilines is 1. The highest BCUT2D eigenvalue weighted by atomic mass is 16.5. The van der Waals surface area contributed by atoms with Gasteiger partial charge in [-0.2, -0.15) is 0 Å². The van der Waals surface area contributed by atoms with Crippen LogP contribution in [0.5, 0.6) is 5.75 Å². The number of likely N-dealkylation sites (N-methyl/N-ethyl adjacent to an activating group) is 1. The van der Waals surface area contributed by atoms with E-state index in [1.165, 1.54) is 5.56 Å². The molecular formula is C23H20N2O2. The molecule has 0 N–H and O–H groups in total. The van der Waals surface area contributed by atoms with Crippen molar-refractivity contribution in [2.45, 2.75) is 25.0 Å². The summed E-state index contributed by atoms with van der Waals surface area (Å²) in [5.41, 5.74) is 2.94. The van der Waals surface area contributed by atoms with Gasteiger partial charge in [0.15, 0.2) is 0 Å². The standard InChI is InChI=1S/C23H20N2O2/c1-22(2)18-6-4-5-7-19(18)25(3)23(22)14-24-21-17-10-8-15(13-26)12-16(17)9-11-20(21)27-23/h4-14H,1-3H3. The van der Waals surface area contributed by atoms with E-state index in [2.05, 4.69) is 50.1 Å². The van der Waals surface area contributed by atoms with Gasteiger partial charge in [0.05, 0.1) is 11.6 Å². The lowest BCUT2D eigenvalue weighted by Crippen LogP contribution is -2.61. The van der Waals surface area contributed by atoms with Crippen molar-refractivity contribution < 1.29 is 9.53 Å². The first-order valence-corrected chi connectivity index (χ1v) is 9.07. The maximum absolute atomic E-state index is 11.1. The third kappa shape index (κ3) is 1.93. The van der Waals surface area contributed by atoms with E-state index in [4.69, 9.17) is 9.73 Å². The number of aliphatic imine (C=N–C) groups is 1. The second-order valence-electron chi connectivity index (χ2n) is 7.77. The summed E-state index contributed by atoms with van der Waals surface area (Å²) in [4.78, 5) is 18.1. The van der Waals surface area contributed by atoms with E-state index >= 15 is 0 Å². The molecule has 2 heterocycles. The Morgan fingerprint density at radius 3 is 2.67 bits per heavy atom. The molecule has 0 radical (unpaired) electrons. The topological polar surface area (TPSA) is 41.9 Å². The highest BCUT2D eigenvalue weighted by Crippen LogP contribution is 2.54. The number of carbonyl (C=O) groups excluding carboxylic acids is 1. The van der Waals surface area contributed by atoms with Crippen LogP contribution in [0.4, 0.5) is 11.4 Å². The van der Waals surface area contributed by atoms with E-state index in [9.17, 15) is 4.79 Å². The lowest BCUT2D eigenvalue weighted by Gasteiger charge is -2.45. The number of nitrogens with zero attached hydrogens (tertiary/aromatic N) is 2. The van der Waals surface area contributed by atoms with Gasteiger partial charge in [-0.3, -0.25) is 9.79 Å². The fourth-order valence-corrected chi connectivity index (χ4v) is 4.48. The van der Waals surface area contributed by atoms with E-state index in [1.807, 2.05) is 36.5 Å². The summed E-state index contributed by atoms with van der Waals surface area (Å²) < 4.78 is 6.66. The van der Waals surface area contributed by atoms with Crippen molar-refractivity contribution in [3.63, 3.8) is 0 Å². The van der Waals surface area contributed by atoms with Crippen molar-refractivity contribution in [2.75, 3.05) is 11.9 Å². The fraction of sp³-hybridized carbons (Fsp3) is 0.217. The summed E-state index contributed by atoms with van der Waals surface area (Å²) in [5.74, 6) is 0.761. The summed E-state index contributed by atoms with van der Waals surface area (Å²) in [6.45, 7) is 4.40. The molecule has 4 nitrogen and oxygen atoms in total. The van der Waals surface area contributed by atoms with Crippen molar-refractivity contribution in [1.29, 1.82) is 0 Å². The number of rotatable bonds is 1. The molecule has 0 amide bonds. The van der Waals surface area contributed by atoms with E-state index in [0.29, 0.717) is 5.56 Å². The first kappa shape index (κ1) is 16.1. The van der Waals surface area contributed by atoms with Gasteiger partial charge in [0.2, 0.25) is 5.72 Å². The van der Waals surface area contributed by atoms with E-state index in [-0.39, 0.29) is 5.41 Å². The molecule has 0 aromatic heterocycles. The van der Waals surface area contributed by atoms with Crippen LogP contribution in [0.1, 0.15) is 29.8 Å². The van der Waals surface area contributed by atoms with Gasteiger partial charge in [-0.15, -0.1) is 0 Å². The summed E-state index contributed by atoms with van der Waals surface area (Å²) >= 11 is 0. The van der Waals surface area contributed by atoms with Gasteiger partial charge in [-0.1, -0.05) is 36.4 Å². The smallest absolute Gasteiger partial charge is 0.228 e. The first-order chi connectivity index (χ1) is 13.0. The van der Waals surface area contributed by atoms with E-state index in [0.717, 1.165) is 34.2 Å². The molecule has 1 unspecified atom stereocenters. The van der Waals surface area contributed by atoms with Crippen LogP contribution >= 0.6 is 0 Å². The average Bonchev–Trinajstić information content (AvgIpc) is 2.86. The van der Waals surface area contributed by atoms with Gasteiger partial charge in [-0.05, 0) is 43.0 Å². The molecule has 0 saturated carbocycles. The van der Waals surface area contributed by atoms with Gasteiger partial charge in [0.25, 0.3) is 0 Å². The van der Waals surface area contributed by atoms with Gasteiger partial charge >= 0.3 is 0 Å². The molecule has 27 heavy (non-hydrogen) atoms. The molecule has 0 saturated heterocycles. The number of aldehydes is 1. The quantitative estimate of drug-likeness (QED) is 0.584. The molecule has 4 heteroatoms. The number of benzene rings is 3. The van der Waals surface area contributed by atoms with Crippen LogP contribution in [0.3, 0.4) is 0 Å². The molecule has 0 fully saturated rings. The average molecular weight is 356 g/mol. The zero-order valence-electron chi connectivity index (χ0n) is 15.6. The molecular weight excluding hydrogens is 336 g/mol. The van der Waals surface area contributed by atoms with E-state index in [1.54, 1.807) is 0 Å². The third-order valence-corrected chi connectivity index (χ3v) is 6.08. The van der Waals surface area contributed by atoms with Crippen molar-refractivity contribution in [3.05, 3.63) is 65.7 Å². The van der Waals surface area contributed by atoms with Gasteiger partial charge in [-0.25, -0.2) is 0 Å². The Morgan fingerprint density at radius 2 is 1.89 bits per heavy atom. The highest BCUT2D eigenvalue weighted by molar-refractivity contribution is 6.01. The SMILES string of the molecule is CN1c2ccccc2C(C)(C)C12C=Nc1c(ccc3cc(C=O)ccc13)O2. The molecule has 2 aliphatic rings. The van der Waals surface area contributed by atoms with Gasteiger partial charge in [0, 0.05) is 23.7 Å². The lowest BCUT2D eigenvalue weighted by atomic mass is 9.77. The summed E-state index contributed by atoms with van der Waals surface area (Å²) in [6, 6.07) is 18.0. The molecule has 1 atom stereocenters. The summed E-state index contributed by atoms with van der Waals surface area (Å²) in [7, 11) is 2.06. The molecule has 2 aliphatic heterocycles. The molecule has 0 aliphatic carbocycles. The minimum atomic E-state index is -0.680. The molecule has 3 aromatic rings. The van der Waals surface area contributed by atoms with Gasteiger partial charge in [0.1, 0.15) is 17.7 Å². The monoisotopic (exact) mass is 356 g/mol. The normalized spacial score (nSPS) is 21.8. The maximum Gasteiger partial charge on any atom is 0.228 e. The minimum absolute atomic E-state index is 0.268. The van der Waals surface area contributed by atoms with Crippen molar-refractivity contribution >= 4 is 34.6 Å². The number of fused-ring (bicyclic) bond motifs is 4. The predicted molar refractivity (Wildman–Crippen MR) is 109 cm³/mol. The van der Waals surface area contributed by atoms with Crippen LogP contribution in [0.15, 0.2) is 59.6 Å². The highest BCUT2D eigenvalue weighted by Gasteiger charge is 2.58. The Morgan fingerprint density at radius 1 is 1.07 bits per heavy atom. The number of carbonyl (C=O) groups is 1. The van der Waals surface area contributed by atoms with Crippen LogP contribution < -0.4 is 9.64 Å². The van der Waals surface area contributed by atoms with E-state index < -0.39 is 5.72 Å². The maximum atomic E-state index is 11.1. The number of para-hydroxylation sites is 1. The Bertz CT molecular complexity index is 1130. The third-order valence-electron chi connectivity index (χ3n) is 6.08. The van der Waals surface area contributed by atoms with Crippen LogP contribution in [-0.2, 0) is 5.41 Å². The molecule has 3 aromatic carbocycles. The second-order valence-corrected chi connectivity index (χ2v) is 7.77. The zero-order chi connectivity index (χ0) is 18.8. The van der Waals surface area contributed by atoms with Gasteiger partial charge < -0.3 is 9.64 Å². The first-order valence-electron chi connectivity index (χ1n) is 9.07. The number of hydrogen-bond donors (Lipinski definition) is 0. The summed E-state index contributed by atoms with van der Waals surface area (Å²) in [6.07, 6.45) is 2.79. The Hall–Kier alpha value is -3.14.